The molecule has 0 saturated heterocycles. The first kappa shape index (κ1) is 17.0. The lowest BCUT2D eigenvalue weighted by Crippen LogP contribution is -2.14. The largest absolute Gasteiger partial charge is 0.508 e. The van der Waals surface area contributed by atoms with Crippen LogP contribution < -0.4 is 5.73 Å². The van der Waals surface area contributed by atoms with E-state index in [0.29, 0.717) is 11.0 Å². The predicted molar refractivity (Wildman–Crippen MR) is 97.9 cm³/mol. The standard InChI is InChI=1S/C18H18N4O2S/c1-11-4-3-5-15(12(11)2)22-17(13-6-8-14(23)9-7-13)20-21-18(22)25-10-16(19)24/h3-9,23H,10H2,1-2H3,(H2,19,24). The number of aromatic nitrogens is 3. The second-order valence-electron chi connectivity index (χ2n) is 5.66. The fourth-order valence-electron chi connectivity index (χ4n) is 2.49. The molecule has 2 aromatic carbocycles. The van der Waals surface area contributed by atoms with Crippen LogP contribution in [0.25, 0.3) is 17.1 Å². The van der Waals surface area contributed by atoms with Crippen molar-refractivity contribution in [2.45, 2.75) is 19.0 Å². The van der Waals surface area contributed by atoms with Gasteiger partial charge in [0.25, 0.3) is 0 Å². The Balaban J connectivity index is 2.17. The molecule has 7 heteroatoms. The number of aromatic hydroxyl groups is 1. The molecule has 3 rings (SSSR count). The van der Waals surface area contributed by atoms with E-state index in [4.69, 9.17) is 5.73 Å². The van der Waals surface area contributed by atoms with E-state index in [9.17, 15) is 9.90 Å². The van der Waals surface area contributed by atoms with E-state index < -0.39 is 5.91 Å². The number of carbonyl (C=O) groups excluding carboxylic acids is 1. The molecule has 0 aliphatic rings. The fourth-order valence-corrected chi connectivity index (χ4v) is 3.18. The smallest absolute Gasteiger partial charge is 0.227 e. The van der Waals surface area contributed by atoms with Crippen molar-refractivity contribution in [1.29, 1.82) is 0 Å². The number of benzene rings is 2. The van der Waals surface area contributed by atoms with E-state index in [1.165, 1.54) is 11.8 Å². The Hall–Kier alpha value is -2.80. The highest BCUT2D eigenvalue weighted by Crippen LogP contribution is 2.30. The first-order valence-electron chi connectivity index (χ1n) is 7.70. The molecule has 3 N–H and O–H groups in total. The molecule has 1 heterocycles. The van der Waals surface area contributed by atoms with Gasteiger partial charge in [0.05, 0.1) is 11.4 Å². The third kappa shape index (κ3) is 3.51. The topological polar surface area (TPSA) is 94.0 Å². The third-order valence-corrected chi connectivity index (χ3v) is 4.87. The molecule has 0 bridgehead atoms. The summed E-state index contributed by atoms with van der Waals surface area (Å²) in [7, 11) is 0. The molecule has 6 nitrogen and oxygen atoms in total. The maximum atomic E-state index is 11.2. The van der Waals surface area contributed by atoms with E-state index >= 15 is 0 Å². The van der Waals surface area contributed by atoms with Crippen molar-refractivity contribution >= 4 is 17.7 Å². The molecule has 1 amide bonds. The third-order valence-electron chi connectivity index (χ3n) is 3.92. The van der Waals surface area contributed by atoms with E-state index in [-0.39, 0.29) is 11.5 Å². The number of rotatable bonds is 5. The average Bonchev–Trinajstić information content (AvgIpc) is 3.00. The number of aryl methyl sites for hydroxylation is 1. The number of hydrogen-bond acceptors (Lipinski definition) is 5. The summed E-state index contributed by atoms with van der Waals surface area (Å²) in [6, 6.07) is 12.8. The van der Waals surface area contributed by atoms with Crippen LogP contribution in [0.15, 0.2) is 47.6 Å². The van der Waals surface area contributed by atoms with Crippen LogP contribution in [0.2, 0.25) is 0 Å². The molecule has 128 valence electrons. The van der Waals surface area contributed by atoms with Gasteiger partial charge in [-0.25, -0.2) is 0 Å². The normalized spacial score (nSPS) is 10.8. The number of nitrogens with zero attached hydrogens (tertiary/aromatic N) is 3. The molecular formula is C18H18N4O2S. The van der Waals surface area contributed by atoms with Crippen molar-refractivity contribution in [3.8, 4) is 22.8 Å². The van der Waals surface area contributed by atoms with Crippen LogP contribution in [0.3, 0.4) is 0 Å². The van der Waals surface area contributed by atoms with Gasteiger partial charge < -0.3 is 10.8 Å². The molecule has 0 spiro atoms. The Bertz CT molecular complexity index is 919. The lowest BCUT2D eigenvalue weighted by Gasteiger charge is -2.14. The molecule has 0 atom stereocenters. The van der Waals surface area contributed by atoms with Gasteiger partial charge in [0, 0.05) is 5.56 Å². The summed E-state index contributed by atoms with van der Waals surface area (Å²) in [6.45, 7) is 4.08. The quantitative estimate of drug-likeness (QED) is 0.687. The van der Waals surface area contributed by atoms with Gasteiger partial charge in [0.1, 0.15) is 5.75 Å². The summed E-state index contributed by atoms with van der Waals surface area (Å²) in [5.74, 6) is 0.538. The number of amides is 1. The first-order chi connectivity index (χ1) is 12.0. The van der Waals surface area contributed by atoms with Gasteiger partial charge in [0.2, 0.25) is 5.91 Å². The molecule has 0 unspecified atom stereocenters. The average molecular weight is 354 g/mol. The van der Waals surface area contributed by atoms with Crippen LogP contribution in [0.1, 0.15) is 11.1 Å². The van der Waals surface area contributed by atoms with Crippen molar-refractivity contribution in [3.63, 3.8) is 0 Å². The number of nitrogens with two attached hydrogens (primary N) is 1. The number of phenols is 1. The van der Waals surface area contributed by atoms with E-state index in [1.54, 1.807) is 24.3 Å². The van der Waals surface area contributed by atoms with Gasteiger partial charge in [-0.2, -0.15) is 0 Å². The lowest BCUT2D eigenvalue weighted by molar-refractivity contribution is -0.115. The van der Waals surface area contributed by atoms with Gasteiger partial charge in [-0.1, -0.05) is 23.9 Å². The zero-order valence-electron chi connectivity index (χ0n) is 13.9. The highest BCUT2D eigenvalue weighted by molar-refractivity contribution is 7.99. The summed E-state index contributed by atoms with van der Waals surface area (Å²) in [5.41, 5.74) is 9.28. The van der Waals surface area contributed by atoms with Crippen LogP contribution in [0.5, 0.6) is 5.75 Å². The van der Waals surface area contributed by atoms with Crippen LogP contribution >= 0.6 is 11.8 Å². The number of primary amides is 1. The highest BCUT2D eigenvalue weighted by atomic mass is 32.2. The van der Waals surface area contributed by atoms with Gasteiger partial charge in [-0.3, -0.25) is 9.36 Å². The summed E-state index contributed by atoms with van der Waals surface area (Å²) in [6.07, 6.45) is 0. The van der Waals surface area contributed by atoms with Gasteiger partial charge in [0.15, 0.2) is 11.0 Å². The molecular weight excluding hydrogens is 336 g/mol. The second-order valence-corrected chi connectivity index (χ2v) is 6.60. The predicted octanol–water partition coefficient (Wildman–Crippen LogP) is 2.83. The molecule has 0 radical (unpaired) electrons. The minimum absolute atomic E-state index is 0.124. The molecule has 0 aliphatic carbocycles. The number of carbonyl (C=O) groups is 1. The van der Waals surface area contributed by atoms with Gasteiger partial charge in [-0.05, 0) is 55.3 Å². The molecule has 25 heavy (non-hydrogen) atoms. The van der Waals surface area contributed by atoms with E-state index in [0.717, 1.165) is 22.4 Å². The summed E-state index contributed by atoms with van der Waals surface area (Å²) >= 11 is 1.25. The van der Waals surface area contributed by atoms with E-state index in [1.807, 2.05) is 36.6 Å². The van der Waals surface area contributed by atoms with Crippen LogP contribution in [0.4, 0.5) is 0 Å². The Morgan fingerprint density at radius 2 is 1.88 bits per heavy atom. The summed E-state index contributed by atoms with van der Waals surface area (Å²) in [4.78, 5) is 11.2. The van der Waals surface area contributed by atoms with Crippen molar-refractivity contribution in [2.24, 2.45) is 5.73 Å². The zero-order chi connectivity index (χ0) is 18.0. The monoisotopic (exact) mass is 354 g/mol. The van der Waals surface area contributed by atoms with Crippen LogP contribution in [0, 0.1) is 13.8 Å². The fraction of sp³-hybridized carbons (Fsp3) is 0.167. The lowest BCUT2D eigenvalue weighted by atomic mass is 10.1. The first-order valence-corrected chi connectivity index (χ1v) is 8.68. The molecule has 0 saturated carbocycles. The maximum Gasteiger partial charge on any atom is 0.227 e. The Morgan fingerprint density at radius 1 is 1.16 bits per heavy atom. The second kappa shape index (κ2) is 6.98. The summed E-state index contributed by atoms with van der Waals surface area (Å²) in [5, 5.41) is 18.7. The Morgan fingerprint density at radius 3 is 2.56 bits per heavy atom. The van der Waals surface area contributed by atoms with Crippen molar-refractivity contribution in [2.75, 3.05) is 5.75 Å². The van der Waals surface area contributed by atoms with Crippen LogP contribution in [-0.4, -0.2) is 31.5 Å². The molecule has 1 aromatic heterocycles. The minimum Gasteiger partial charge on any atom is -0.508 e. The van der Waals surface area contributed by atoms with Crippen molar-refractivity contribution in [3.05, 3.63) is 53.6 Å². The number of phenolic OH excluding ortho intramolecular Hbond substituents is 1. The van der Waals surface area contributed by atoms with Crippen molar-refractivity contribution in [1.82, 2.24) is 14.8 Å². The van der Waals surface area contributed by atoms with Gasteiger partial charge in [-0.15, -0.1) is 10.2 Å². The van der Waals surface area contributed by atoms with E-state index in [2.05, 4.69) is 10.2 Å². The molecule has 0 aliphatic heterocycles. The molecule has 3 aromatic rings. The highest BCUT2D eigenvalue weighted by Gasteiger charge is 2.18. The van der Waals surface area contributed by atoms with Gasteiger partial charge >= 0.3 is 0 Å². The number of thioether (sulfide) groups is 1. The minimum atomic E-state index is -0.410. The van der Waals surface area contributed by atoms with Crippen molar-refractivity contribution < 1.29 is 9.90 Å². The van der Waals surface area contributed by atoms with Crippen LogP contribution in [-0.2, 0) is 4.79 Å². The zero-order valence-corrected chi connectivity index (χ0v) is 14.7. The SMILES string of the molecule is Cc1cccc(-n2c(SCC(N)=O)nnc2-c2ccc(O)cc2)c1C. The Kier molecular flexibility index (Phi) is 4.76. The maximum absolute atomic E-state index is 11.2. The number of hydrogen-bond donors (Lipinski definition) is 2. The Labute approximate surface area is 149 Å². The molecule has 0 fully saturated rings. The summed E-state index contributed by atoms with van der Waals surface area (Å²) < 4.78 is 1.92.